The van der Waals surface area contributed by atoms with E-state index in [1.165, 1.54) is 89.2 Å². The van der Waals surface area contributed by atoms with Crippen LogP contribution in [0.1, 0.15) is 102 Å². The minimum Gasteiger partial charge on any atom is -0.490 e. The summed E-state index contributed by atoms with van der Waals surface area (Å²) in [5.41, 5.74) is -0.289. The summed E-state index contributed by atoms with van der Waals surface area (Å²) in [5, 5.41) is 8.79. The predicted molar refractivity (Wildman–Crippen MR) is 127 cm³/mol. The van der Waals surface area contributed by atoms with Crippen LogP contribution in [-0.2, 0) is 4.74 Å². The zero-order chi connectivity index (χ0) is 23.5. The lowest BCUT2D eigenvalue weighted by Gasteiger charge is -2.37. The van der Waals surface area contributed by atoms with Crippen molar-refractivity contribution in [2.75, 3.05) is 13.2 Å². The van der Waals surface area contributed by atoms with Crippen LogP contribution in [0.3, 0.4) is 0 Å². The second kappa shape index (κ2) is 13.9. The Morgan fingerprint density at radius 2 is 1.48 bits per heavy atom. The fourth-order valence-electron chi connectivity index (χ4n) is 5.62. The zero-order valence-corrected chi connectivity index (χ0v) is 20.3. The predicted octanol–water partition coefficient (Wildman–Crippen LogP) is 7.96. The number of nitriles is 1. The molecule has 0 atom stereocenters. The number of benzene rings is 1. The van der Waals surface area contributed by atoms with Crippen molar-refractivity contribution < 1.29 is 18.3 Å². The van der Waals surface area contributed by atoms with Gasteiger partial charge in [-0.15, -0.1) is 0 Å². The van der Waals surface area contributed by atoms with Gasteiger partial charge in [0.1, 0.15) is 6.07 Å². The largest absolute Gasteiger partial charge is 0.490 e. The Morgan fingerprint density at radius 3 is 2.15 bits per heavy atom. The Kier molecular flexibility index (Phi) is 10.9. The molecule has 2 aliphatic rings. The van der Waals surface area contributed by atoms with E-state index in [0.717, 1.165) is 31.3 Å². The van der Waals surface area contributed by atoms with Gasteiger partial charge in [0, 0.05) is 6.61 Å². The molecule has 0 amide bonds. The molecule has 33 heavy (non-hydrogen) atoms. The van der Waals surface area contributed by atoms with Gasteiger partial charge in [0.05, 0.1) is 18.3 Å². The Morgan fingerprint density at radius 1 is 0.848 bits per heavy atom. The monoisotopic (exact) mass is 461 g/mol. The fourth-order valence-corrected chi connectivity index (χ4v) is 5.62. The van der Waals surface area contributed by atoms with Crippen molar-refractivity contribution in [1.82, 2.24) is 0 Å². The lowest BCUT2D eigenvalue weighted by Crippen LogP contribution is -2.29. The maximum Gasteiger partial charge on any atom is 0.201 e. The molecule has 1 aromatic carbocycles. The van der Waals surface area contributed by atoms with Crippen LogP contribution in [-0.4, -0.2) is 19.3 Å². The van der Waals surface area contributed by atoms with Crippen molar-refractivity contribution in [2.45, 2.75) is 103 Å². The van der Waals surface area contributed by atoms with Gasteiger partial charge in [-0.25, -0.2) is 4.39 Å². The number of ether oxygens (including phenoxy) is 2. The smallest absolute Gasteiger partial charge is 0.201 e. The minimum atomic E-state index is -1.12. The molecule has 0 N–H and O–H groups in total. The van der Waals surface area contributed by atoms with Crippen LogP contribution < -0.4 is 4.74 Å². The molecule has 3 rings (SSSR count). The Bertz CT molecular complexity index is 747. The number of hydrogen-bond acceptors (Lipinski definition) is 3. The second-order valence-electron chi connectivity index (χ2n) is 10.1. The van der Waals surface area contributed by atoms with Crippen LogP contribution in [0.2, 0.25) is 0 Å². The lowest BCUT2D eigenvalue weighted by molar-refractivity contribution is 0.00468. The van der Waals surface area contributed by atoms with E-state index in [4.69, 9.17) is 14.7 Å². The summed E-state index contributed by atoms with van der Waals surface area (Å²) in [4.78, 5) is 0. The van der Waals surface area contributed by atoms with Gasteiger partial charge < -0.3 is 9.47 Å². The van der Waals surface area contributed by atoms with Crippen LogP contribution in [0, 0.1) is 40.7 Å². The van der Waals surface area contributed by atoms with Crippen LogP contribution in [0.5, 0.6) is 5.75 Å². The molecular formula is C28H41F2NO2. The van der Waals surface area contributed by atoms with Crippen molar-refractivity contribution in [2.24, 2.45) is 17.8 Å². The molecule has 2 fully saturated rings. The highest BCUT2D eigenvalue weighted by Gasteiger charge is 2.31. The first-order chi connectivity index (χ1) is 16.1. The SMILES string of the molecule is CCCCCCCCO[C@H]1CC[C@H]([C@H]2CC[C@H](COc3ccc(C#N)c(F)c3F)CC2)CC1. The first-order valence-corrected chi connectivity index (χ1v) is 13.2. The summed E-state index contributed by atoms with van der Waals surface area (Å²) >= 11 is 0. The summed E-state index contributed by atoms with van der Waals surface area (Å²) in [7, 11) is 0. The van der Waals surface area contributed by atoms with Crippen molar-refractivity contribution in [1.29, 1.82) is 5.26 Å². The van der Waals surface area contributed by atoms with E-state index in [1.807, 2.05) is 0 Å². The van der Waals surface area contributed by atoms with Crippen LogP contribution >= 0.6 is 0 Å². The maximum absolute atomic E-state index is 14.0. The third-order valence-electron chi connectivity index (χ3n) is 7.77. The summed E-state index contributed by atoms with van der Waals surface area (Å²) in [6.07, 6.45) is 17.9. The number of halogens is 2. The molecule has 1 aromatic rings. The van der Waals surface area contributed by atoms with E-state index in [2.05, 4.69) is 6.92 Å². The highest BCUT2D eigenvalue weighted by molar-refractivity contribution is 5.37. The normalized spacial score (nSPS) is 25.5. The molecule has 5 heteroatoms. The zero-order valence-electron chi connectivity index (χ0n) is 20.3. The van der Waals surface area contributed by atoms with Gasteiger partial charge >= 0.3 is 0 Å². The van der Waals surface area contributed by atoms with Crippen LogP contribution in [0.25, 0.3) is 0 Å². The highest BCUT2D eigenvalue weighted by Crippen LogP contribution is 2.40. The molecule has 0 spiro atoms. The van der Waals surface area contributed by atoms with Gasteiger partial charge in [0.15, 0.2) is 11.6 Å². The van der Waals surface area contributed by atoms with E-state index in [0.29, 0.717) is 18.6 Å². The molecule has 0 aliphatic heterocycles. The molecule has 3 nitrogen and oxygen atoms in total. The van der Waals surface area contributed by atoms with Crippen LogP contribution in [0.15, 0.2) is 12.1 Å². The van der Waals surface area contributed by atoms with Crippen molar-refractivity contribution in [3.63, 3.8) is 0 Å². The molecule has 0 unspecified atom stereocenters. The molecular weight excluding hydrogens is 420 g/mol. The van der Waals surface area contributed by atoms with Gasteiger partial charge in [0.2, 0.25) is 5.82 Å². The number of nitrogens with zero attached hydrogens (tertiary/aromatic N) is 1. The molecule has 0 heterocycles. The minimum absolute atomic E-state index is 0.0899. The van der Waals surface area contributed by atoms with Gasteiger partial charge in [-0.05, 0) is 87.7 Å². The number of rotatable bonds is 12. The highest BCUT2D eigenvalue weighted by atomic mass is 19.2. The molecule has 0 radical (unpaired) electrons. The second-order valence-corrected chi connectivity index (χ2v) is 10.1. The fraction of sp³-hybridized carbons (Fsp3) is 0.750. The van der Waals surface area contributed by atoms with Crippen molar-refractivity contribution >= 4 is 0 Å². The average Bonchev–Trinajstić information content (AvgIpc) is 2.85. The molecule has 2 saturated carbocycles. The van der Waals surface area contributed by atoms with E-state index in [-0.39, 0.29) is 11.3 Å². The third kappa shape index (κ3) is 7.95. The quantitative estimate of drug-likeness (QED) is 0.297. The maximum atomic E-state index is 14.0. The molecule has 184 valence electrons. The Balaban J connectivity index is 1.29. The Hall–Kier alpha value is -1.67. The Labute approximate surface area is 198 Å². The van der Waals surface area contributed by atoms with E-state index >= 15 is 0 Å². The first kappa shape index (κ1) is 25.9. The topological polar surface area (TPSA) is 42.2 Å². The van der Waals surface area contributed by atoms with Crippen molar-refractivity contribution in [3.8, 4) is 11.8 Å². The molecule has 0 saturated heterocycles. The van der Waals surface area contributed by atoms with Crippen molar-refractivity contribution in [3.05, 3.63) is 29.3 Å². The summed E-state index contributed by atoms with van der Waals surface area (Å²) in [5.74, 6) is -0.289. The van der Waals surface area contributed by atoms with E-state index in [1.54, 1.807) is 6.07 Å². The van der Waals surface area contributed by atoms with Gasteiger partial charge in [-0.2, -0.15) is 9.65 Å². The summed E-state index contributed by atoms with van der Waals surface area (Å²) in [6.45, 7) is 3.59. The van der Waals surface area contributed by atoms with Crippen LogP contribution in [0.4, 0.5) is 8.78 Å². The van der Waals surface area contributed by atoms with E-state index in [9.17, 15) is 8.78 Å². The number of unbranched alkanes of at least 4 members (excludes halogenated alkanes) is 5. The van der Waals surface area contributed by atoms with E-state index < -0.39 is 11.6 Å². The third-order valence-corrected chi connectivity index (χ3v) is 7.77. The molecule has 0 aromatic heterocycles. The average molecular weight is 462 g/mol. The summed E-state index contributed by atoms with van der Waals surface area (Å²) < 4.78 is 39.6. The lowest BCUT2D eigenvalue weighted by atomic mass is 9.71. The summed E-state index contributed by atoms with van der Waals surface area (Å²) in [6, 6.07) is 4.28. The first-order valence-electron chi connectivity index (χ1n) is 13.2. The molecule has 2 aliphatic carbocycles. The molecule has 0 bridgehead atoms. The van der Waals surface area contributed by atoms with Gasteiger partial charge in [-0.1, -0.05) is 39.0 Å². The van der Waals surface area contributed by atoms with Gasteiger partial charge in [0.25, 0.3) is 0 Å². The van der Waals surface area contributed by atoms with Gasteiger partial charge in [-0.3, -0.25) is 0 Å². The number of hydrogen-bond donors (Lipinski definition) is 0. The standard InChI is InChI=1S/C28H41F2NO2/c1-2-3-4-5-6-7-18-32-25-15-12-23(13-16-25)22-10-8-21(9-11-22)20-33-26-17-14-24(19-31)27(29)28(26)30/h14,17,21-23,25H,2-13,15-16,18,20H2,1H3/t21-,22-,23-,25-.